The average molecular weight is 441 g/mol. The Hall–Kier alpha value is -4.26. The molecule has 0 saturated heterocycles. The minimum Gasteiger partial charge on any atom is -0.452 e. The van der Waals surface area contributed by atoms with Crippen LogP contribution in [-0.2, 0) is 20.7 Å². The summed E-state index contributed by atoms with van der Waals surface area (Å²) in [5.74, 6) is -1.03. The van der Waals surface area contributed by atoms with E-state index in [1.807, 2.05) is 60.7 Å². The molecule has 1 heterocycles. The van der Waals surface area contributed by atoms with Crippen molar-refractivity contribution in [1.29, 1.82) is 0 Å². The van der Waals surface area contributed by atoms with Gasteiger partial charge in [0.1, 0.15) is 0 Å². The van der Waals surface area contributed by atoms with Crippen LogP contribution in [0.25, 0.3) is 10.8 Å². The highest BCUT2D eigenvalue weighted by molar-refractivity contribution is 5.88. The fourth-order valence-electron chi connectivity index (χ4n) is 3.65. The van der Waals surface area contributed by atoms with Crippen molar-refractivity contribution in [1.82, 2.24) is 15.5 Å². The quantitative estimate of drug-likeness (QED) is 0.429. The van der Waals surface area contributed by atoms with Gasteiger partial charge in [0.25, 0.3) is 11.5 Å². The monoisotopic (exact) mass is 441 g/mol. The van der Waals surface area contributed by atoms with Crippen LogP contribution in [0.4, 0.5) is 0 Å². The zero-order valence-electron chi connectivity index (χ0n) is 18.0. The van der Waals surface area contributed by atoms with Crippen LogP contribution < -0.4 is 10.9 Å². The normalized spacial score (nSPS) is 11.8. The summed E-state index contributed by atoms with van der Waals surface area (Å²) in [6.07, 6.45) is -1.18. The summed E-state index contributed by atoms with van der Waals surface area (Å²) < 4.78 is 5.38. The van der Waals surface area contributed by atoms with Gasteiger partial charge in [-0.15, -0.1) is 0 Å². The molecule has 7 nitrogen and oxygen atoms in total. The Bertz CT molecular complexity index is 1280. The van der Waals surface area contributed by atoms with E-state index in [0.717, 1.165) is 11.1 Å². The number of benzene rings is 3. The Morgan fingerprint density at radius 1 is 0.879 bits per heavy atom. The maximum Gasteiger partial charge on any atom is 0.312 e. The van der Waals surface area contributed by atoms with Gasteiger partial charge in [-0.3, -0.25) is 14.4 Å². The molecular formula is C26H23N3O4. The summed E-state index contributed by atoms with van der Waals surface area (Å²) in [6.45, 7) is 1.53. The van der Waals surface area contributed by atoms with Crippen molar-refractivity contribution in [2.45, 2.75) is 25.5 Å². The molecule has 1 amide bonds. The summed E-state index contributed by atoms with van der Waals surface area (Å²) in [4.78, 5) is 37.4. The molecule has 33 heavy (non-hydrogen) atoms. The van der Waals surface area contributed by atoms with Gasteiger partial charge in [0.2, 0.25) is 0 Å². The first kappa shape index (κ1) is 22.0. The van der Waals surface area contributed by atoms with Crippen LogP contribution in [0.1, 0.15) is 29.8 Å². The lowest BCUT2D eigenvalue weighted by Crippen LogP contribution is -2.38. The molecule has 0 radical (unpaired) electrons. The van der Waals surface area contributed by atoms with Crippen LogP contribution >= 0.6 is 0 Å². The zero-order chi connectivity index (χ0) is 23.2. The Morgan fingerprint density at radius 3 is 2.03 bits per heavy atom. The van der Waals surface area contributed by atoms with Crippen molar-refractivity contribution in [2.75, 3.05) is 0 Å². The smallest absolute Gasteiger partial charge is 0.312 e. The third-order valence-electron chi connectivity index (χ3n) is 5.32. The van der Waals surface area contributed by atoms with Crippen LogP contribution in [0.15, 0.2) is 89.7 Å². The summed E-state index contributed by atoms with van der Waals surface area (Å²) in [5.41, 5.74) is 1.89. The van der Waals surface area contributed by atoms with Gasteiger partial charge < -0.3 is 10.1 Å². The maximum atomic E-state index is 12.9. The summed E-state index contributed by atoms with van der Waals surface area (Å²) >= 11 is 0. The van der Waals surface area contributed by atoms with Crippen molar-refractivity contribution in [3.63, 3.8) is 0 Å². The SMILES string of the molecule is CC(OC(=O)Cc1n[nH]c(=O)c2ccccc12)C(=O)NC(c1ccccc1)c1ccccc1. The van der Waals surface area contributed by atoms with Crippen LogP contribution in [0.2, 0.25) is 0 Å². The van der Waals surface area contributed by atoms with E-state index < -0.39 is 18.0 Å². The number of nitrogens with zero attached hydrogens (tertiary/aromatic N) is 1. The van der Waals surface area contributed by atoms with E-state index in [1.165, 1.54) is 6.92 Å². The fraction of sp³-hybridized carbons (Fsp3) is 0.154. The van der Waals surface area contributed by atoms with E-state index in [-0.39, 0.29) is 18.0 Å². The Balaban J connectivity index is 1.46. The van der Waals surface area contributed by atoms with Crippen molar-refractivity contribution in [2.24, 2.45) is 0 Å². The number of fused-ring (bicyclic) bond motifs is 1. The number of rotatable bonds is 7. The number of carbonyl (C=O) groups is 2. The van der Waals surface area contributed by atoms with Crippen LogP contribution in [0, 0.1) is 0 Å². The lowest BCUT2D eigenvalue weighted by Gasteiger charge is -2.22. The highest BCUT2D eigenvalue weighted by atomic mass is 16.5. The predicted molar refractivity (Wildman–Crippen MR) is 124 cm³/mol. The summed E-state index contributed by atoms with van der Waals surface area (Å²) in [6, 6.07) is 25.7. The Morgan fingerprint density at radius 2 is 1.42 bits per heavy atom. The molecule has 0 aliphatic carbocycles. The molecule has 4 rings (SSSR count). The van der Waals surface area contributed by atoms with Gasteiger partial charge in [-0.2, -0.15) is 5.10 Å². The number of nitrogens with one attached hydrogen (secondary N) is 2. The highest BCUT2D eigenvalue weighted by Gasteiger charge is 2.23. The Labute approximate surface area is 190 Å². The number of hydrogen-bond acceptors (Lipinski definition) is 5. The molecule has 7 heteroatoms. The molecule has 0 spiro atoms. The molecule has 3 aromatic carbocycles. The molecule has 0 aliphatic heterocycles. The van der Waals surface area contributed by atoms with Crippen molar-refractivity contribution in [3.8, 4) is 0 Å². The molecule has 4 aromatic rings. The van der Waals surface area contributed by atoms with E-state index in [9.17, 15) is 14.4 Å². The highest BCUT2D eigenvalue weighted by Crippen LogP contribution is 2.22. The van der Waals surface area contributed by atoms with E-state index in [2.05, 4.69) is 15.5 Å². The van der Waals surface area contributed by atoms with Gasteiger partial charge in [0.05, 0.1) is 23.5 Å². The predicted octanol–water partition coefficient (Wildman–Crippen LogP) is 3.30. The van der Waals surface area contributed by atoms with Gasteiger partial charge in [0.15, 0.2) is 6.10 Å². The number of carbonyl (C=O) groups excluding carboxylic acids is 2. The van der Waals surface area contributed by atoms with Gasteiger partial charge in [-0.05, 0) is 24.1 Å². The molecule has 1 aromatic heterocycles. The van der Waals surface area contributed by atoms with E-state index >= 15 is 0 Å². The molecule has 0 aliphatic rings. The second-order valence-corrected chi connectivity index (χ2v) is 7.62. The lowest BCUT2D eigenvalue weighted by atomic mass is 9.98. The van der Waals surface area contributed by atoms with Crippen LogP contribution in [-0.4, -0.2) is 28.2 Å². The van der Waals surface area contributed by atoms with Gasteiger partial charge in [-0.25, -0.2) is 5.10 Å². The van der Waals surface area contributed by atoms with Crippen LogP contribution in [0.5, 0.6) is 0 Å². The van der Waals surface area contributed by atoms with Crippen molar-refractivity contribution >= 4 is 22.6 Å². The van der Waals surface area contributed by atoms with Gasteiger partial charge in [-0.1, -0.05) is 78.9 Å². The number of aromatic nitrogens is 2. The molecule has 1 atom stereocenters. The number of H-pyrrole nitrogens is 1. The van der Waals surface area contributed by atoms with Crippen molar-refractivity contribution in [3.05, 3.63) is 112 Å². The minimum atomic E-state index is -1.01. The number of ether oxygens (including phenoxy) is 1. The topological polar surface area (TPSA) is 101 Å². The van der Waals surface area contributed by atoms with Crippen molar-refractivity contribution < 1.29 is 14.3 Å². The molecule has 0 bridgehead atoms. The number of hydrogen-bond donors (Lipinski definition) is 2. The molecule has 2 N–H and O–H groups in total. The molecule has 166 valence electrons. The first-order valence-corrected chi connectivity index (χ1v) is 10.6. The third kappa shape index (κ3) is 5.15. The first-order valence-electron chi connectivity index (χ1n) is 10.6. The molecule has 0 fully saturated rings. The summed E-state index contributed by atoms with van der Waals surface area (Å²) in [5, 5.41) is 10.4. The number of aromatic amines is 1. The average Bonchev–Trinajstić information content (AvgIpc) is 2.85. The summed E-state index contributed by atoms with van der Waals surface area (Å²) in [7, 11) is 0. The van der Waals surface area contributed by atoms with Gasteiger partial charge >= 0.3 is 5.97 Å². The second-order valence-electron chi connectivity index (χ2n) is 7.62. The number of amides is 1. The number of esters is 1. The standard InChI is InChI=1S/C26H23N3O4/c1-17(33-23(30)16-22-20-14-8-9-15-21(20)26(32)29-28-22)25(31)27-24(18-10-4-2-5-11-18)19-12-6-3-7-13-19/h2-15,17,24H,16H2,1H3,(H,27,31)(H,29,32). The van der Waals surface area contributed by atoms with E-state index in [0.29, 0.717) is 16.5 Å². The molecule has 0 saturated carbocycles. The third-order valence-corrected chi connectivity index (χ3v) is 5.32. The van der Waals surface area contributed by atoms with Gasteiger partial charge in [0, 0.05) is 5.39 Å². The van der Waals surface area contributed by atoms with E-state index in [4.69, 9.17) is 4.74 Å². The lowest BCUT2D eigenvalue weighted by molar-refractivity contribution is -0.154. The Kier molecular flexibility index (Phi) is 6.59. The second kappa shape index (κ2) is 9.91. The molecule has 1 unspecified atom stereocenters. The zero-order valence-corrected chi connectivity index (χ0v) is 18.0. The first-order chi connectivity index (χ1) is 16.0. The van der Waals surface area contributed by atoms with E-state index in [1.54, 1.807) is 24.3 Å². The fourth-order valence-corrected chi connectivity index (χ4v) is 3.65. The van der Waals surface area contributed by atoms with Crippen LogP contribution in [0.3, 0.4) is 0 Å². The maximum absolute atomic E-state index is 12.9. The molecular weight excluding hydrogens is 418 g/mol. The minimum absolute atomic E-state index is 0.171. The largest absolute Gasteiger partial charge is 0.452 e.